The van der Waals surface area contributed by atoms with Crippen LogP contribution in [0.1, 0.15) is 46.8 Å². The van der Waals surface area contributed by atoms with Crippen LogP contribution in [0.25, 0.3) is 45.1 Å². The summed E-state index contributed by atoms with van der Waals surface area (Å²) in [5, 5.41) is 32.9. The van der Waals surface area contributed by atoms with Crippen LogP contribution < -0.4 is 22.6 Å². The molecule has 22 nitrogen and oxygen atoms in total. The lowest BCUT2D eigenvalue weighted by Crippen LogP contribution is -2.45. The number of benzene rings is 2. The molecule has 0 spiro atoms. The number of aromatic amines is 2. The number of hydrogen-bond donors (Lipinski definition) is 9. The second-order valence-corrected chi connectivity index (χ2v) is 23.7. The predicted molar refractivity (Wildman–Crippen MR) is 265 cm³/mol. The highest BCUT2D eigenvalue weighted by molar-refractivity contribution is 8.42. The molecule has 0 aliphatic carbocycles. The molecule has 69 heavy (non-hydrogen) atoms. The van der Waals surface area contributed by atoms with E-state index in [1.54, 1.807) is 32.7 Å². The van der Waals surface area contributed by atoms with Crippen LogP contribution >= 0.6 is 52.0 Å². The molecule has 3 fully saturated rings. The fourth-order valence-corrected chi connectivity index (χ4v) is 12.6. The maximum absolute atomic E-state index is 12.9. The Morgan fingerprint density at radius 3 is 2.19 bits per heavy atom. The van der Waals surface area contributed by atoms with Crippen LogP contribution in [0.4, 0.5) is 11.9 Å². The number of nitrogens with two attached hydrogens (primary N) is 2. The minimum atomic E-state index is -2.27. The second kappa shape index (κ2) is 20.4. The fraction of sp³-hybridized carbons (Fsp3) is 0.476. The molecule has 0 bridgehead atoms. The standard InChI is InChI=1S/C42H52N10O12P2S3/c1-41(2,14-16-68-22-9-5-21(6-10-22)33-46-28-35(48-40(44)50-37(28)57)52(33)38-29(55)31-26(62-38)19-61-66(67)64-31)59-15-13-42(3,4)69-23-11-7-20(8-12-23)32-45-27-34(47-39(43)49-36(27)56)51(32)17-24(53)30-25(54)18-60-65(58)63-30/h5-12,24-26,29-31,38,53-55,58,67H,13-19H2,1-4H3,(H3,43,47,49,56)(H3,44,48,50,57)/t24-,25?,26?,29?,30?,31?,38?,65?,66?/m1/s1. The molecule has 9 atom stereocenters. The molecule has 0 amide bonds. The third-order valence-electron chi connectivity index (χ3n) is 11.8. The van der Waals surface area contributed by atoms with Crippen LogP contribution in [0.5, 0.6) is 0 Å². The first kappa shape index (κ1) is 50.2. The Bertz CT molecular complexity index is 2930. The van der Waals surface area contributed by atoms with Crippen molar-refractivity contribution in [2.45, 2.75) is 110 Å². The van der Waals surface area contributed by atoms with Gasteiger partial charge in [-0.25, -0.2) is 9.97 Å². The summed E-state index contributed by atoms with van der Waals surface area (Å²) in [4.78, 5) is 60.5. The highest BCUT2D eigenvalue weighted by Crippen LogP contribution is 2.52. The number of fused-ring (bicyclic) bond motifs is 3. The van der Waals surface area contributed by atoms with Gasteiger partial charge in [0, 0.05) is 38.0 Å². The van der Waals surface area contributed by atoms with Gasteiger partial charge in [0.15, 0.2) is 28.6 Å². The summed E-state index contributed by atoms with van der Waals surface area (Å²) >= 11 is 7.69. The van der Waals surface area contributed by atoms with E-state index in [2.05, 4.69) is 69.8 Å². The summed E-state index contributed by atoms with van der Waals surface area (Å²) in [6, 6.07) is 15.4. The lowest BCUT2D eigenvalue weighted by molar-refractivity contribution is -0.0950. The van der Waals surface area contributed by atoms with E-state index in [0.29, 0.717) is 29.4 Å². The number of H-pyrrole nitrogens is 2. The lowest BCUT2D eigenvalue weighted by Gasteiger charge is -2.33. The molecule has 370 valence electrons. The third kappa shape index (κ3) is 11.0. The SMILES string of the molecule is CC(C)(CCSc1ccc(-c2nc3c(=O)[nH]c(N)nc3n2C2OC3COP(S)OC3C2O)cc1)OCCC(C)(C)Sc1ccc(-c2nc3c(=O)[nH]c(N)nc3n2C[C@@H](O)C2OP(O)OCC2O)cc1. The molecule has 7 heterocycles. The molecule has 27 heteroatoms. The Labute approximate surface area is 410 Å². The zero-order chi connectivity index (χ0) is 48.9. The number of hydrogen-bond acceptors (Lipinski definition) is 21. The van der Waals surface area contributed by atoms with Crippen molar-refractivity contribution in [2.75, 3.05) is 37.0 Å². The number of aliphatic hydroxyl groups excluding tert-OH is 3. The number of imidazole rings is 2. The molecule has 0 radical (unpaired) electrons. The molecule has 4 aromatic heterocycles. The molecule has 2 aromatic carbocycles. The molecular formula is C42H52N10O12P2S3. The summed E-state index contributed by atoms with van der Waals surface area (Å²) in [7, 11) is -3.75. The normalized spacial score (nSPS) is 24.8. The molecule has 3 aliphatic heterocycles. The number of aromatic nitrogens is 8. The van der Waals surface area contributed by atoms with Gasteiger partial charge in [0.2, 0.25) is 19.5 Å². The smallest absolute Gasteiger partial charge is 0.330 e. The number of aliphatic hydroxyl groups is 3. The average molecular weight is 1050 g/mol. The summed E-state index contributed by atoms with van der Waals surface area (Å²) in [6.07, 6.45) is -5.49. The first-order valence-electron chi connectivity index (χ1n) is 21.8. The average Bonchev–Trinajstić information content (AvgIpc) is 3.95. The van der Waals surface area contributed by atoms with Crippen molar-refractivity contribution >= 4 is 86.2 Å². The Morgan fingerprint density at radius 1 is 0.870 bits per heavy atom. The lowest BCUT2D eigenvalue weighted by atomic mass is 10.1. The van der Waals surface area contributed by atoms with Crippen LogP contribution in [-0.4, -0.2) is 132 Å². The van der Waals surface area contributed by atoms with Gasteiger partial charge in [-0.2, -0.15) is 9.97 Å². The monoisotopic (exact) mass is 1050 g/mol. The number of thioether (sulfide) groups is 2. The van der Waals surface area contributed by atoms with E-state index in [1.807, 2.05) is 48.5 Å². The minimum absolute atomic E-state index is 0.0237. The Morgan fingerprint density at radius 2 is 1.49 bits per heavy atom. The van der Waals surface area contributed by atoms with Gasteiger partial charge in [0.25, 0.3) is 11.1 Å². The zero-order valence-corrected chi connectivity index (χ0v) is 42.0. The molecular weight excluding hydrogens is 995 g/mol. The molecule has 3 saturated heterocycles. The molecule has 8 unspecified atom stereocenters. The third-order valence-corrected chi connectivity index (χ3v) is 16.3. The van der Waals surface area contributed by atoms with Gasteiger partial charge >= 0.3 is 8.60 Å². The number of nitrogens with one attached hydrogen (secondary N) is 2. The quantitative estimate of drug-likeness (QED) is 0.0367. The number of nitrogen functional groups attached to an aromatic ring is 2. The first-order valence-corrected chi connectivity index (χ1v) is 27.1. The number of ether oxygens (including phenoxy) is 2. The second-order valence-electron chi connectivity index (χ2n) is 17.9. The van der Waals surface area contributed by atoms with Gasteiger partial charge in [0.1, 0.15) is 48.3 Å². The summed E-state index contributed by atoms with van der Waals surface area (Å²) < 4.78 is 37.2. The van der Waals surface area contributed by atoms with Crippen molar-refractivity contribution in [3.8, 4) is 22.8 Å². The number of thiol groups is 1. The predicted octanol–water partition coefficient (Wildman–Crippen LogP) is 4.48. The highest BCUT2D eigenvalue weighted by Gasteiger charge is 2.50. The Kier molecular flexibility index (Phi) is 14.8. The number of anilines is 2. The molecule has 9 rings (SSSR count). The van der Waals surface area contributed by atoms with E-state index in [0.717, 1.165) is 28.4 Å². The topological polar surface area (TPSA) is 315 Å². The summed E-state index contributed by atoms with van der Waals surface area (Å²) in [5.41, 5.74) is 12.1. The molecule has 6 aromatic rings. The largest absolute Gasteiger partial charge is 0.388 e. The number of rotatable bonds is 16. The minimum Gasteiger partial charge on any atom is -0.388 e. The summed E-state index contributed by atoms with van der Waals surface area (Å²) in [6.45, 7) is 8.82. The Balaban J connectivity index is 0.798. The van der Waals surface area contributed by atoms with E-state index < -0.39 is 75.8 Å². The highest BCUT2D eigenvalue weighted by atomic mass is 32.7. The van der Waals surface area contributed by atoms with E-state index >= 15 is 0 Å². The van der Waals surface area contributed by atoms with E-state index in [1.165, 1.54) is 0 Å². The number of nitrogens with zero attached hydrogens (tertiary/aromatic N) is 6. The van der Waals surface area contributed by atoms with Gasteiger partial charge in [-0.1, -0.05) is 50.4 Å². The van der Waals surface area contributed by atoms with Crippen LogP contribution in [0, 0.1) is 0 Å². The van der Waals surface area contributed by atoms with Crippen molar-refractivity contribution < 1.29 is 47.8 Å². The van der Waals surface area contributed by atoms with Gasteiger partial charge in [-0.3, -0.25) is 24.1 Å². The van der Waals surface area contributed by atoms with Crippen molar-refractivity contribution in [3.63, 3.8) is 0 Å². The van der Waals surface area contributed by atoms with E-state index in [9.17, 15) is 29.8 Å². The summed E-state index contributed by atoms with van der Waals surface area (Å²) in [5.74, 6) is 1.28. The van der Waals surface area contributed by atoms with Crippen molar-refractivity contribution in [3.05, 3.63) is 69.2 Å². The van der Waals surface area contributed by atoms with Gasteiger partial charge < -0.3 is 63.8 Å². The van der Waals surface area contributed by atoms with Crippen molar-refractivity contribution in [1.82, 2.24) is 39.0 Å². The van der Waals surface area contributed by atoms with E-state index in [-0.39, 0.29) is 58.7 Å². The molecule has 3 aliphatic rings. The van der Waals surface area contributed by atoms with Crippen LogP contribution in [0.15, 0.2) is 67.9 Å². The van der Waals surface area contributed by atoms with Gasteiger partial charge in [-0.15, -0.1) is 23.5 Å². The first-order chi connectivity index (χ1) is 32.8. The molecule has 10 N–H and O–H groups in total. The Hall–Kier alpha value is -3.75. The van der Waals surface area contributed by atoms with Gasteiger partial charge in [-0.05, 0) is 51.0 Å². The molecule has 0 saturated carbocycles. The fourth-order valence-electron chi connectivity index (χ4n) is 8.20. The maximum Gasteiger partial charge on any atom is 0.330 e. The van der Waals surface area contributed by atoms with Crippen LogP contribution in [-0.2, 0) is 34.1 Å². The zero-order valence-electron chi connectivity index (χ0n) is 37.7. The van der Waals surface area contributed by atoms with E-state index in [4.69, 9.17) is 39.0 Å². The van der Waals surface area contributed by atoms with Crippen LogP contribution in [0.2, 0.25) is 0 Å². The van der Waals surface area contributed by atoms with Gasteiger partial charge in [0.05, 0.1) is 25.4 Å². The van der Waals surface area contributed by atoms with Crippen molar-refractivity contribution in [2.24, 2.45) is 0 Å². The van der Waals surface area contributed by atoms with Crippen molar-refractivity contribution in [1.29, 1.82) is 0 Å². The van der Waals surface area contributed by atoms with Crippen LogP contribution in [0.3, 0.4) is 0 Å². The maximum atomic E-state index is 12.9.